The first-order valence-corrected chi connectivity index (χ1v) is 6.89. The summed E-state index contributed by atoms with van der Waals surface area (Å²) in [5, 5.41) is 9.88. The maximum absolute atomic E-state index is 8.82. The minimum absolute atomic E-state index is 0.237. The summed E-state index contributed by atoms with van der Waals surface area (Å²) in [6.45, 7) is -0.237. The van der Waals surface area contributed by atoms with Crippen LogP contribution in [0.5, 0.6) is 0 Å². The number of rotatable bonds is 1. The molecule has 3 aromatic rings. The number of halogens is 2. The van der Waals surface area contributed by atoms with Crippen molar-refractivity contribution in [3.05, 3.63) is 52.0 Å². The van der Waals surface area contributed by atoms with Crippen molar-refractivity contribution in [1.82, 2.24) is 4.98 Å². The molecule has 0 saturated carbocycles. The second kappa shape index (κ2) is 5.79. The second-order valence-electron chi connectivity index (χ2n) is 4.26. The monoisotopic (exact) mass is 317 g/mol. The van der Waals surface area contributed by atoms with Crippen LogP contribution in [-0.4, -0.2) is 16.7 Å². The van der Waals surface area contributed by atoms with Gasteiger partial charge < -0.3 is 9.52 Å². The van der Waals surface area contributed by atoms with Crippen LogP contribution in [0.4, 0.5) is 0 Å². The highest BCUT2D eigenvalue weighted by Crippen LogP contribution is 2.32. The molecule has 0 aliphatic rings. The number of aromatic nitrogens is 1. The lowest BCUT2D eigenvalue weighted by Crippen LogP contribution is -1.79. The van der Waals surface area contributed by atoms with E-state index in [0.717, 1.165) is 0 Å². The molecule has 0 atom stereocenters. The lowest BCUT2D eigenvalue weighted by Gasteiger charge is -1.97. The summed E-state index contributed by atoms with van der Waals surface area (Å²) >= 11 is 12.2. The summed E-state index contributed by atoms with van der Waals surface area (Å²) in [6, 6.07) is 10.7. The minimum Gasteiger partial charge on any atom is -0.435 e. The molecule has 1 N–H and O–H groups in total. The van der Waals surface area contributed by atoms with Gasteiger partial charge >= 0.3 is 0 Å². The Morgan fingerprint density at radius 1 is 1.19 bits per heavy atom. The number of benzene rings is 2. The standard InChI is InChI=1S/C16H9Cl2NO2/c17-11-8-10(4-3-7-20)15-14(9-11)19-16(21-15)12-5-1-2-6-13(12)18/h1-2,5-6,8-9,20H,7H2. The van der Waals surface area contributed by atoms with Gasteiger partial charge in [0, 0.05) is 5.02 Å². The molecule has 2 aromatic carbocycles. The van der Waals surface area contributed by atoms with Gasteiger partial charge in [0.05, 0.1) is 16.1 Å². The number of aliphatic hydroxyl groups excluding tert-OH is 1. The number of fused-ring (bicyclic) bond motifs is 1. The number of hydrogen-bond acceptors (Lipinski definition) is 3. The summed E-state index contributed by atoms with van der Waals surface area (Å²) in [6.07, 6.45) is 0. The molecule has 1 heterocycles. The van der Waals surface area contributed by atoms with Crippen LogP contribution in [0.15, 0.2) is 40.8 Å². The van der Waals surface area contributed by atoms with Crippen LogP contribution in [0.25, 0.3) is 22.6 Å². The molecule has 0 radical (unpaired) electrons. The van der Waals surface area contributed by atoms with Crippen molar-refractivity contribution in [1.29, 1.82) is 0 Å². The highest BCUT2D eigenvalue weighted by Gasteiger charge is 2.14. The zero-order valence-electron chi connectivity index (χ0n) is 10.7. The van der Waals surface area contributed by atoms with Crippen molar-refractivity contribution in [2.75, 3.05) is 6.61 Å². The maximum Gasteiger partial charge on any atom is 0.228 e. The van der Waals surface area contributed by atoms with Gasteiger partial charge in [-0.15, -0.1) is 0 Å². The molecule has 3 nitrogen and oxygen atoms in total. The van der Waals surface area contributed by atoms with Gasteiger partial charge in [-0.05, 0) is 24.3 Å². The summed E-state index contributed by atoms with van der Waals surface area (Å²) in [7, 11) is 0. The second-order valence-corrected chi connectivity index (χ2v) is 5.10. The molecule has 0 saturated heterocycles. The third kappa shape index (κ3) is 2.74. The number of hydrogen-bond donors (Lipinski definition) is 1. The van der Waals surface area contributed by atoms with E-state index in [-0.39, 0.29) is 6.61 Å². The van der Waals surface area contributed by atoms with Crippen molar-refractivity contribution < 1.29 is 9.52 Å². The molecule has 0 unspecified atom stereocenters. The molecule has 1 aromatic heterocycles. The van der Waals surface area contributed by atoms with Crippen LogP contribution in [0.3, 0.4) is 0 Å². The first-order valence-electron chi connectivity index (χ1n) is 6.14. The normalized spacial score (nSPS) is 10.4. The summed E-state index contributed by atoms with van der Waals surface area (Å²) in [4.78, 5) is 4.41. The van der Waals surface area contributed by atoms with E-state index in [1.807, 2.05) is 18.2 Å². The fourth-order valence-electron chi connectivity index (χ4n) is 1.98. The molecule has 0 aliphatic carbocycles. The van der Waals surface area contributed by atoms with E-state index in [1.54, 1.807) is 18.2 Å². The van der Waals surface area contributed by atoms with Crippen molar-refractivity contribution in [2.45, 2.75) is 0 Å². The van der Waals surface area contributed by atoms with Gasteiger partial charge in [-0.3, -0.25) is 0 Å². The van der Waals surface area contributed by atoms with Crippen LogP contribution in [-0.2, 0) is 0 Å². The Bertz CT molecular complexity index is 875. The van der Waals surface area contributed by atoms with E-state index in [4.69, 9.17) is 32.7 Å². The molecule has 0 fully saturated rings. The Morgan fingerprint density at radius 2 is 2.00 bits per heavy atom. The first kappa shape index (κ1) is 14.0. The molecular formula is C16H9Cl2NO2. The highest BCUT2D eigenvalue weighted by atomic mass is 35.5. The smallest absolute Gasteiger partial charge is 0.228 e. The third-order valence-electron chi connectivity index (χ3n) is 2.86. The SMILES string of the molecule is OCC#Cc1cc(Cl)cc2nc(-c3ccccc3Cl)oc12. The molecule has 5 heteroatoms. The van der Waals surface area contributed by atoms with E-state index in [1.165, 1.54) is 0 Å². The average Bonchev–Trinajstić information content (AvgIpc) is 2.88. The van der Waals surface area contributed by atoms with E-state index in [9.17, 15) is 0 Å². The molecule has 0 aliphatic heterocycles. The quantitative estimate of drug-likeness (QED) is 0.686. The van der Waals surface area contributed by atoms with Crippen LogP contribution in [0.2, 0.25) is 10.0 Å². The van der Waals surface area contributed by atoms with Gasteiger partial charge in [0.1, 0.15) is 12.1 Å². The predicted octanol–water partition coefficient (Wildman–Crippen LogP) is 4.15. The lowest BCUT2D eigenvalue weighted by atomic mass is 10.2. The topological polar surface area (TPSA) is 46.3 Å². The Hall–Kier alpha value is -1.99. The third-order valence-corrected chi connectivity index (χ3v) is 3.41. The predicted molar refractivity (Wildman–Crippen MR) is 83.4 cm³/mol. The maximum atomic E-state index is 8.82. The largest absolute Gasteiger partial charge is 0.435 e. The van der Waals surface area contributed by atoms with Crippen LogP contribution in [0.1, 0.15) is 5.56 Å². The molecule has 0 amide bonds. The van der Waals surface area contributed by atoms with Crippen molar-refractivity contribution >= 4 is 34.3 Å². The van der Waals surface area contributed by atoms with E-state index in [2.05, 4.69) is 16.8 Å². The molecule has 0 spiro atoms. The summed E-state index contributed by atoms with van der Waals surface area (Å²) in [5.74, 6) is 5.79. The van der Waals surface area contributed by atoms with Crippen LogP contribution >= 0.6 is 23.2 Å². The Balaban J connectivity index is 2.23. The fourth-order valence-corrected chi connectivity index (χ4v) is 2.40. The summed E-state index contributed by atoms with van der Waals surface area (Å²) in [5.41, 5.74) is 2.40. The lowest BCUT2D eigenvalue weighted by molar-refractivity contribution is 0.350. The number of nitrogens with zero attached hydrogens (tertiary/aromatic N) is 1. The summed E-state index contributed by atoms with van der Waals surface area (Å²) < 4.78 is 5.78. The zero-order chi connectivity index (χ0) is 14.8. The highest BCUT2D eigenvalue weighted by molar-refractivity contribution is 6.33. The number of oxazole rings is 1. The molecule has 0 bridgehead atoms. The van der Waals surface area contributed by atoms with Crippen molar-refractivity contribution in [3.63, 3.8) is 0 Å². The van der Waals surface area contributed by atoms with Crippen molar-refractivity contribution in [2.24, 2.45) is 0 Å². The van der Waals surface area contributed by atoms with Gasteiger partial charge in [0.15, 0.2) is 5.58 Å². The van der Waals surface area contributed by atoms with Crippen molar-refractivity contribution in [3.8, 4) is 23.3 Å². The zero-order valence-corrected chi connectivity index (χ0v) is 12.2. The van der Waals surface area contributed by atoms with Crippen LogP contribution in [0, 0.1) is 11.8 Å². The van der Waals surface area contributed by atoms with E-state index in [0.29, 0.717) is 38.2 Å². The molecular weight excluding hydrogens is 309 g/mol. The fraction of sp³-hybridized carbons (Fsp3) is 0.0625. The minimum atomic E-state index is -0.237. The number of aliphatic hydroxyl groups is 1. The van der Waals surface area contributed by atoms with Gasteiger partial charge in [-0.1, -0.05) is 47.2 Å². The van der Waals surface area contributed by atoms with Gasteiger partial charge in [-0.2, -0.15) is 0 Å². The van der Waals surface area contributed by atoms with Gasteiger partial charge in [0.25, 0.3) is 0 Å². The van der Waals surface area contributed by atoms with Crippen LogP contribution < -0.4 is 0 Å². The average molecular weight is 318 g/mol. The molecule has 21 heavy (non-hydrogen) atoms. The Morgan fingerprint density at radius 3 is 2.76 bits per heavy atom. The first-order chi connectivity index (χ1) is 10.2. The van der Waals surface area contributed by atoms with E-state index < -0.39 is 0 Å². The van der Waals surface area contributed by atoms with Gasteiger partial charge in [-0.25, -0.2) is 4.98 Å². The van der Waals surface area contributed by atoms with E-state index >= 15 is 0 Å². The Kier molecular flexibility index (Phi) is 3.85. The molecule has 104 valence electrons. The van der Waals surface area contributed by atoms with Gasteiger partial charge in [0.2, 0.25) is 5.89 Å². The molecule has 3 rings (SSSR count). The Labute approximate surface area is 131 Å².